The molecule has 1 aliphatic heterocycles. The van der Waals surface area contributed by atoms with Crippen molar-refractivity contribution in [2.45, 2.75) is 11.4 Å². The van der Waals surface area contributed by atoms with Gasteiger partial charge in [0.15, 0.2) is 11.5 Å². The SMILES string of the molecule is CSc1cc2c(cc1CNc1ccn(C)n1)OCCO2. The molecule has 1 aromatic carbocycles. The summed E-state index contributed by atoms with van der Waals surface area (Å²) in [6.07, 6.45) is 3.98. The molecular weight excluding hydrogens is 274 g/mol. The fourth-order valence-corrected chi connectivity index (χ4v) is 2.75. The number of hydrogen-bond donors (Lipinski definition) is 1. The summed E-state index contributed by atoms with van der Waals surface area (Å²) in [5, 5.41) is 7.63. The number of aryl methyl sites for hydroxylation is 1. The maximum absolute atomic E-state index is 5.64. The van der Waals surface area contributed by atoms with E-state index >= 15 is 0 Å². The van der Waals surface area contributed by atoms with Crippen molar-refractivity contribution in [3.63, 3.8) is 0 Å². The zero-order chi connectivity index (χ0) is 13.9. The Hall–Kier alpha value is -1.82. The summed E-state index contributed by atoms with van der Waals surface area (Å²) in [6, 6.07) is 6.06. The zero-order valence-electron chi connectivity index (χ0n) is 11.5. The van der Waals surface area contributed by atoms with Crippen molar-refractivity contribution in [3.05, 3.63) is 30.0 Å². The summed E-state index contributed by atoms with van der Waals surface area (Å²) >= 11 is 1.71. The minimum atomic E-state index is 0.610. The lowest BCUT2D eigenvalue weighted by molar-refractivity contribution is 0.171. The van der Waals surface area contributed by atoms with Gasteiger partial charge < -0.3 is 14.8 Å². The van der Waals surface area contributed by atoms with Gasteiger partial charge in [0.25, 0.3) is 0 Å². The van der Waals surface area contributed by atoms with Gasteiger partial charge in [0, 0.05) is 30.8 Å². The number of aromatic nitrogens is 2. The van der Waals surface area contributed by atoms with E-state index in [1.807, 2.05) is 19.3 Å². The average Bonchev–Trinajstić information content (AvgIpc) is 2.89. The van der Waals surface area contributed by atoms with E-state index in [1.165, 1.54) is 10.5 Å². The van der Waals surface area contributed by atoms with Crippen molar-refractivity contribution in [2.24, 2.45) is 7.05 Å². The van der Waals surface area contributed by atoms with E-state index < -0.39 is 0 Å². The van der Waals surface area contributed by atoms with Crippen LogP contribution < -0.4 is 14.8 Å². The molecule has 20 heavy (non-hydrogen) atoms. The number of thioether (sulfide) groups is 1. The molecule has 0 radical (unpaired) electrons. The third-order valence-corrected chi connectivity index (χ3v) is 3.94. The third-order valence-electron chi connectivity index (χ3n) is 3.12. The summed E-state index contributed by atoms with van der Waals surface area (Å²) in [4.78, 5) is 1.19. The second-order valence-electron chi connectivity index (χ2n) is 4.54. The standard InChI is InChI=1S/C14H17N3O2S/c1-17-4-3-14(16-17)15-9-10-7-11-12(8-13(10)20-2)19-6-5-18-11/h3-4,7-8H,5-6,9H2,1-2H3,(H,15,16). The summed E-state index contributed by atoms with van der Waals surface area (Å²) < 4.78 is 13.0. The molecule has 0 fully saturated rings. The van der Waals surface area contributed by atoms with E-state index in [0.29, 0.717) is 19.8 Å². The summed E-state index contributed by atoms with van der Waals surface area (Å²) in [7, 11) is 1.91. The second-order valence-corrected chi connectivity index (χ2v) is 5.38. The first-order chi connectivity index (χ1) is 9.76. The molecule has 0 spiro atoms. The van der Waals surface area contributed by atoms with E-state index in [4.69, 9.17) is 9.47 Å². The molecule has 1 aromatic heterocycles. The zero-order valence-corrected chi connectivity index (χ0v) is 12.4. The Balaban J connectivity index is 1.80. The number of anilines is 1. The van der Waals surface area contributed by atoms with Crippen molar-refractivity contribution in [2.75, 3.05) is 24.8 Å². The van der Waals surface area contributed by atoms with Crippen molar-refractivity contribution in [1.29, 1.82) is 0 Å². The van der Waals surface area contributed by atoms with Crippen LogP contribution in [0.1, 0.15) is 5.56 Å². The van der Waals surface area contributed by atoms with Gasteiger partial charge in [0.05, 0.1) is 0 Å². The van der Waals surface area contributed by atoms with Gasteiger partial charge in [-0.1, -0.05) is 0 Å². The van der Waals surface area contributed by atoms with Crippen molar-refractivity contribution < 1.29 is 9.47 Å². The molecule has 106 valence electrons. The lowest BCUT2D eigenvalue weighted by Gasteiger charge is -2.20. The highest BCUT2D eigenvalue weighted by molar-refractivity contribution is 7.98. The lowest BCUT2D eigenvalue weighted by atomic mass is 10.2. The minimum absolute atomic E-state index is 0.610. The molecule has 6 heteroatoms. The molecule has 1 N–H and O–H groups in total. The van der Waals surface area contributed by atoms with Gasteiger partial charge in [-0.25, -0.2) is 0 Å². The van der Waals surface area contributed by atoms with Crippen LogP contribution in [0.4, 0.5) is 5.82 Å². The topological polar surface area (TPSA) is 48.3 Å². The molecule has 0 saturated carbocycles. The molecule has 0 bridgehead atoms. The predicted molar refractivity (Wildman–Crippen MR) is 79.7 cm³/mol. The van der Waals surface area contributed by atoms with Crippen LogP contribution in [0.15, 0.2) is 29.3 Å². The van der Waals surface area contributed by atoms with Crippen LogP contribution in [-0.4, -0.2) is 29.3 Å². The molecule has 0 atom stereocenters. The van der Waals surface area contributed by atoms with E-state index in [0.717, 1.165) is 17.3 Å². The molecule has 3 rings (SSSR count). The predicted octanol–water partition coefficient (Wildman–Crippen LogP) is 2.53. The number of hydrogen-bond acceptors (Lipinski definition) is 5. The maximum atomic E-state index is 5.64. The molecular formula is C14H17N3O2S. The molecule has 5 nitrogen and oxygen atoms in total. The number of rotatable bonds is 4. The minimum Gasteiger partial charge on any atom is -0.486 e. The highest BCUT2D eigenvalue weighted by Gasteiger charge is 2.15. The van der Waals surface area contributed by atoms with Crippen LogP contribution in [0.5, 0.6) is 11.5 Å². The first kappa shape index (κ1) is 13.2. The Kier molecular flexibility index (Phi) is 3.73. The van der Waals surface area contributed by atoms with E-state index in [1.54, 1.807) is 16.4 Å². The number of benzene rings is 1. The largest absolute Gasteiger partial charge is 0.486 e. The third kappa shape index (κ3) is 2.70. The maximum Gasteiger partial charge on any atom is 0.162 e. The van der Waals surface area contributed by atoms with Crippen LogP contribution in [0.3, 0.4) is 0 Å². The molecule has 0 aliphatic carbocycles. The molecule has 0 amide bonds. The Morgan fingerprint density at radius 1 is 1.30 bits per heavy atom. The highest BCUT2D eigenvalue weighted by Crippen LogP contribution is 2.36. The summed E-state index contributed by atoms with van der Waals surface area (Å²) in [5.74, 6) is 2.53. The van der Waals surface area contributed by atoms with Gasteiger partial charge in [0.2, 0.25) is 0 Å². The Morgan fingerprint density at radius 2 is 2.05 bits per heavy atom. The monoisotopic (exact) mass is 291 g/mol. The first-order valence-electron chi connectivity index (χ1n) is 6.46. The van der Waals surface area contributed by atoms with Crippen molar-refractivity contribution in [3.8, 4) is 11.5 Å². The van der Waals surface area contributed by atoms with E-state index in [2.05, 4.69) is 28.8 Å². The Bertz CT molecular complexity index is 612. The van der Waals surface area contributed by atoms with Crippen LogP contribution >= 0.6 is 11.8 Å². The second kappa shape index (κ2) is 5.66. The number of fused-ring (bicyclic) bond motifs is 1. The number of nitrogens with one attached hydrogen (secondary N) is 1. The van der Waals surface area contributed by atoms with Gasteiger partial charge in [-0.2, -0.15) is 5.10 Å². The highest BCUT2D eigenvalue weighted by atomic mass is 32.2. The Labute approximate surface area is 122 Å². The molecule has 0 unspecified atom stereocenters. The Morgan fingerprint density at radius 3 is 2.70 bits per heavy atom. The average molecular weight is 291 g/mol. The van der Waals surface area contributed by atoms with Crippen molar-refractivity contribution >= 4 is 17.6 Å². The quantitative estimate of drug-likeness (QED) is 0.877. The molecule has 2 aromatic rings. The van der Waals surface area contributed by atoms with Gasteiger partial charge >= 0.3 is 0 Å². The fourth-order valence-electron chi connectivity index (χ4n) is 2.14. The molecule has 2 heterocycles. The smallest absolute Gasteiger partial charge is 0.162 e. The van der Waals surface area contributed by atoms with Gasteiger partial charge in [-0.15, -0.1) is 11.8 Å². The van der Waals surface area contributed by atoms with E-state index in [9.17, 15) is 0 Å². The summed E-state index contributed by atoms with van der Waals surface area (Å²) in [5.41, 5.74) is 1.19. The van der Waals surface area contributed by atoms with Crippen LogP contribution in [0.2, 0.25) is 0 Å². The van der Waals surface area contributed by atoms with Gasteiger partial charge in [-0.05, 0) is 24.0 Å². The lowest BCUT2D eigenvalue weighted by Crippen LogP contribution is -2.16. The van der Waals surface area contributed by atoms with Crippen molar-refractivity contribution in [1.82, 2.24) is 9.78 Å². The first-order valence-corrected chi connectivity index (χ1v) is 7.69. The normalized spacial score (nSPS) is 13.3. The fraction of sp³-hybridized carbons (Fsp3) is 0.357. The number of ether oxygens (including phenoxy) is 2. The van der Waals surface area contributed by atoms with Crippen LogP contribution in [0, 0.1) is 0 Å². The van der Waals surface area contributed by atoms with E-state index in [-0.39, 0.29) is 0 Å². The number of nitrogens with zero attached hydrogens (tertiary/aromatic N) is 2. The van der Waals surface area contributed by atoms with Gasteiger partial charge in [-0.3, -0.25) is 4.68 Å². The van der Waals surface area contributed by atoms with Crippen LogP contribution in [-0.2, 0) is 13.6 Å². The molecule has 1 aliphatic rings. The van der Waals surface area contributed by atoms with Crippen LogP contribution in [0.25, 0.3) is 0 Å². The summed E-state index contributed by atoms with van der Waals surface area (Å²) in [6.45, 7) is 1.94. The van der Waals surface area contributed by atoms with Gasteiger partial charge in [0.1, 0.15) is 19.0 Å². The molecule has 0 saturated heterocycles.